The van der Waals surface area contributed by atoms with Gasteiger partial charge in [0.15, 0.2) is 17.5 Å². The SMILES string of the molecule is C=C(F)C(=O)N(C(C)C)C(C)C/C=C(\F)C(=O)N(CC)C/C=C(\F)C(=O)N(C)CCC. The van der Waals surface area contributed by atoms with Crippen molar-refractivity contribution in [2.45, 2.75) is 59.5 Å². The third kappa shape index (κ3) is 8.98. The number of amides is 3. The fourth-order valence-electron chi connectivity index (χ4n) is 2.96. The summed E-state index contributed by atoms with van der Waals surface area (Å²) in [6.45, 7) is 11.6. The van der Waals surface area contributed by atoms with Crippen molar-refractivity contribution in [2.75, 3.05) is 26.7 Å². The summed E-state index contributed by atoms with van der Waals surface area (Å²) in [6, 6.07) is -0.941. The molecule has 31 heavy (non-hydrogen) atoms. The van der Waals surface area contributed by atoms with Gasteiger partial charge in [0, 0.05) is 38.8 Å². The molecule has 0 aliphatic heterocycles. The minimum atomic E-state index is -1.12. The van der Waals surface area contributed by atoms with E-state index in [1.165, 1.54) is 16.8 Å². The molecule has 0 rings (SSSR count). The molecule has 0 saturated carbocycles. The molecular formula is C22H34F3N3O3. The zero-order valence-electron chi connectivity index (χ0n) is 19.3. The predicted molar refractivity (Wildman–Crippen MR) is 115 cm³/mol. The Labute approximate surface area is 183 Å². The van der Waals surface area contributed by atoms with Crippen LogP contribution in [-0.4, -0.2) is 71.2 Å². The first-order valence-corrected chi connectivity index (χ1v) is 10.3. The van der Waals surface area contributed by atoms with Crippen LogP contribution in [0.2, 0.25) is 0 Å². The van der Waals surface area contributed by atoms with E-state index in [1.54, 1.807) is 27.7 Å². The normalized spacial score (nSPS) is 13.1. The fourth-order valence-corrected chi connectivity index (χ4v) is 2.96. The van der Waals surface area contributed by atoms with Gasteiger partial charge in [-0.2, -0.15) is 0 Å². The summed E-state index contributed by atoms with van der Waals surface area (Å²) in [5, 5.41) is 0. The molecule has 0 saturated heterocycles. The number of rotatable bonds is 12. The Morgan fingerprint density at radius 3 is 1.94 bits per heavy atom. The lowest BCUT2D eigenvalue weighted by molar-refractivity contribution is -0.132. The molecule has 176 valence electrons. The summed E-state index contributed by atoms with van der Waals surface area (Å²) in [5.74, 6) is -5.87. The average Bonchev–Trinajstić information content (AvgIpc) is 2.71. The fraction of sp³-hybridized carbons (Fsp3) is 0.591. The molecular weight excluding hydrogens is 411 g/mol. The second kappa shape index (κ2) is 13.7. The molecule has 0 radical (unpaired) electrons. The maximum absolute atomic E-state index is 14.4. The molecule has 9 heteroatoms. The van der Waals surface area contributed by atoms with Gasteiger partial charge in [-0.05, 0) is 52.7 Å². The second-order valence-corrected chi connectivity index (χ2v) is 7.47. The van der Waals surface area contributed by atoms with Crippen molar-refractivity contribution in [1.82, 2.24) is 14.7 Å². The number of carbonyl (C=O) groups excluding carboxylic acids is 3. The lowest BCUT2D eigenvalue weighted by Gasteiger charge is -2.31. The van der Waals surface area contributed by atoms with E-state index in [2.05, 4.69) is 6.58 Å². The number of hydrogen-bond donors (Lipinski definition) is 0. The van der Waals surface area contributed by atoms with E-state index in [-0.39, 0.29) is 25.6 Å². The largest absolute Gasteiger partial charge is 0.340 e. The summed E-state index contributed by atoms with van der Waals surface area (Å²) in [5.41, 5.74) is 0. The Morgan fingerprint density at radius 1 is 0.935 bits per heavy atom. The van der Waals surface area contributed by atoms with Crippen LogP contribution in [0, 0.1) is 0 Å². The number of hydrogen-bond acceptors (Lipinski definition) is 3. The topological polar surface area (TPSA) is 60.9 Å². The third-order valence-electron chi connectivity index (χ3n) is 4.61. The van der Waals surface area contributed by atoms with Crippen molar-refractivity contribution < 1.29 is 27.6 Å². The van der Waals surface area contributed by atoms with Crippen molar-refractivity contribution in [3.63, 3.8) is 0 Å². The van der Waals surface area contributed by atoms with Crippen LogP contribution in [0.15, 0.2) is 36.2 Å². The highest BCUT2D eigenvalue weighted by molar-refractivity contribution is 5.93. The number of likely N-dealkylation sites (N-methyl/N-ethyl adjacent to an activating group) is 2. The van der Waals surface area contributed by atoms with Gasteiger partial charge in [-0.25, -0.2) is 13.2 Å². The first-order valence-electron chi connectivity index (χ1n) is 10.3. The maximum atomic E-state index is 14.4. The first-order chi connectivity index (χ1) is 14.4. The van der Waals surface area contributed by atoms with E-state index in [0.717, 1.165) is 17.1 Å². The quantitative estimate of drug-likeness (QED) is 0.428. The van der Waals surface area contributed by atoms with Gasteiger partial charge in [-0.1, -0.05) is 13.5 Å². The van der Waals surface area contributed by atoms with Gasteiger partial charge >= 0.3 is 0 Å². The van der Waals surface area contributed by atoms with Gasteiger partial charge < -0.3 is 14.7 Å². The highest BCUT2D eigenvalue weighted by atomic mass is 19.1. The van der Waals surface area contributed by atoms with Crippen LogP contribution in [0.1, 0.15) is 47.5 Å². The van der Waals surface area contributed by atoms with Crippen LogP contribution in [0.5, 0.6) is 0 Å². The minimum Gasteiger partial charge on any atom is -0.340 e. The van der Waals surface area contributed by atoms with Crippen molar-refractivity contribution in [2.24, 2.45) is 0 Å². The zero-order chi connectivity index (χ0) is 24.3. The highest BCUT2D eigenvalue weighted by Crippen LogP contribution is 2.16. The third-order valence-corrected chi connectivity index (χ3v) is 4.61. The standard InChI is InChI=1S/C22H34F3N3O3/c1-8-13-26(7)21(30)19(25)12-14-27(9-2)22(31)18(24)11-10-16(5)28(15(3)4)20(29)17(6)23/h11-12,15-16H,6,8-10,13-14H2,1-5,7H3/b18-11-,19-12-. The monoisotopic (exact) mass is 445 g/mol. The van der Waals surface area contributed by atoms with Crippen molar-refractivity contribution >= 4 is 17.7 Å². The Balaban J connectivity index is 5.21. The van der Waals surface area contributed by atoms with Gasteiger partial charge in [0.25, 0.3) is 17.7 Å². The maximum Gasteiger partial charge on any atom is 0.282 e. The van der Waals surface area contributed by atoms with Gasteiger partial charge in [0.05, 0.1) is 0 Å². The zero-order valence-corrected chi connectivity index (χ0v) is 19.3. The molecule has 6 nitrogen and oxygen atoms in total. The molecule has 0 fully saturated rings. The first kappa shape index (κ1) is 28.4. The average molecular weight is 446 g/mol. The molecule has 0 bridgehead atoms. The minimum absolute atomic E-state index is 0.0309. The van der Waals surface area contributed by atoms with E-state index in [9.17, 15) is 27.6 Å². The van der Waals surface area contributed by atoms with E-state index >= 15 is 0 Å². The van der Waals surface area contributed by atoms with Crippen LogP contribution in [-0.2, 0) is 14.4 Å². The molecule has 0 aliphatic carbocycles. The molecule has 1 unspecified atom stereocenters. The predicted octanol–water partition coefficient (Wildman–Crippen LogP) is 3.91. The number of carbonyl (C=O) groups is 3. The highest BCUT2D eigenvalue weighted by Gasteiger charge is 2.25. The Morgan fingerprint density at radius 2 is 1.48 bits per heavy atom. The van der Waals surface area contributed by atoms with Gasteiger partial charge in [-0.15, -0.1) is 0 Å². The molecule has 0 aromatic heterocycles. The second-order valence-electron chi connectivity index (χ2n) is 7.47. The smallest absolute Gasteiger partial charge is 0.282 e. The summed E-state index contributed by atoms with van der Waals surface area (Å²) in [6.07, 6.45) is 2.59. The van der Waals surface area contributed by atoms with E-state index in [4.69, 9.17) is 0 Å². The van der Waals surface area contributed by atoms with Gasteiger partial charge in [0.2, 0.25) is 0 Å². The van der Waals surface area contributed by atoms with Crippen molar-refractivity contribution in [3.8, 4) is 0 Å². The lowest BCUT2D eigenvalue weighted by atomic mass is 10.1. The molecule has 0 aromatic carbocycles. The Kier molecular flexibility index (Phi) is 12.5. The van der Waals surface area contributed by atoms with E-state index in [1.807, 2.05) is 6.92 Å². The molecule has 0 aromatic rings. The van der Waals surface area contributed by atoms with Crippen molar-refractivity contribution in [1.29, 1.82) is 0 Å². The molecule has 0 spiro atoms. The van der Waals surface area contributed by atoms with Crippen molar-refractivity contribution in [3.05, 3.63) is 36.2 Å². The molecule has 3 amide bonds. The molecule has 1 atom stereocenters. The van der Waals surface area contributed by atoms with Crippen LogP contribution in [0.3, 0.4) is 0 Å². The summed E-state index contributed by atoms with van der Waals surface area (Å²) >= 11 is 0. The van der Waals surface area contributed by atoms with Crippen LogP contribution < -0.4 is 0 Å². The number of halogens is 3. The summed E-state index contributed by atoms with van der Waals surface area (Å²) < 4.78 is 41.7. The van der Waals surface area contributed by atoms with Crippen LogP contribution in [0.25, 0.3) is 0 Å². The lowest BCUT2D eigenvalue weighted by Crippen LogP contribution is -2.43. The van der Waals surface area contributed by atoms with Crippen LogP contribution in [0.4, 0.5) is 13.2 Å². The summed E-state index contributed by atoms with van der Waals surface area (Å²) in [4.78, 5) is 39.6. The Bertz CT molecular complexity index is 720. The molecule has 0 aliphatic rings. The summed E-state index contributed by atoms with van der Waals surface area (Å²) in [7, 11) is 1.47. The Hall–Kier alpha value is -2.58. The van der Waals surface area contributed by atoms with Gasteiger partial charge in [-0.3, -0.25) is 14.4 Å². The number of nitrogens with zero attached hydrogens (tertiary/aromatic N) is 3. The van der Waals surface area contributed by atoms with E-state index in [0.29, 0.717) is 13.0 Å². The van der Waals surface area contributed by atoms with E-state index < -0.39 is 41.2 Å². The van der Waals surface area contributed by atoms with Gasteiger partial charge in [0.1, 0.15) is 0 Å². The molecule has 0 N–H and O–H groups in total. The van der Waals surface area contributed by atoms with Crippen LogP contribution >= 0.6 is 0 Å². The molecule has 0 heterocycles.